The first kappa shape index (κ1) is 9.83. The van der Waals surface area contributed by atoms with Crippen LogP contribution in [0.3, 0.4) is 0 Å². The summed E-state index contributed by atoms with van der Waals surface area (Å²) in [6.07, 6.45) is 0.267. The molecule has 0 bridgehead atoms. The smallest absolute Gasteiger partial charge is 0.349 e. The van der Waals surface area contributed by atoms with Crippen LogP contribution in [0, 0.1) is 5.82 Å². The number of fused-ring (bicyclic) bond motifs is 3. The molecule has 6 heteroatoms. The quantitative estimate of drug-likeness (QED) is 0.787. The van der Waals surface area contributed by atoms with E-state index in [-0.39, 0.29) is 0 Å². The van der Waals surface area contributed by atoms with Gasteiger partial charge in [0.25, 0.3) is 0 Å². The van der Waals surface area contributed by atoms with E-state index >= 15 is 0 Å². The molecule has 0 radical (unpaired) electrons. The van der Waals surface area contributed by atoms with Crippen LogP contribution in [0.4, 0.5) is 4.39 Å². The van der Waals surface area contributed by atoms with Gasteiger partial charge in [-0.2, -0.15) is 5.10 Å². The van der Waals surface area contributed by atoms with Crippen molar-refractivity contribution in [2.75, 3.05) is 0 Å². The molecular formula is C11H7FN2O3. The van der Waals surface area contributed by atoms with Crippen molar-refractivity contribution < 1.29 is 19.0 Å². The molecule has 1 atom stereocenters. The average molecular weight is 234 g/mol. The van der Waals surface area contributed by atoms with E-state index in [0.717, 1.165) is 0 Å². The van der Waals surface area contributed by atoms with Gasteiger partial charge in [0, 0.05) is 11.1 Å². The highest BCUT2D eigenvalue weighted by Gasteiger charge is 2.33. The number of aromatic amines is 1. The van der Waals surface area contributed by atoms with E-state index in [9.17, 15) is 9.18 Å². The molecule has 5 nitrogen and oxygen atoms in total. The van der Waals surface area contributed by atoms with E-state index in [1.807, 2.05) is 0 Å². The van der Waals surface area contributed by atoms with Gasteiger partial charge in [0.05, 0.1) is 11.9 Å². The summed E-state index contributed by atoms with van der Waals surface area (Å²) < 4.78 is 18.5. The zero-order chi connectivity index (χ0) is 12.0. The number of hydrogen-bond donors (Lipinski definition) is 2. The molecule has 0 aliphatic carbocycles. The minimum absolute atomic E-state index is 0.329. The summed E-state index contributed by atoms with van der Waals surface area (Å²) in [5.74, 6) is -1.19. The molecule has 0 saturated carbocycles. The van der Waals surface area contributed by atoms with Crippen molar-refractivity contribution in [3.8, 4) is 17.0 Å². The molecule has 0 spiro atoms. The van der Waals surface area contributed by atoms with Crippen LogP contribution < -0.4 is 4.74 Å². The molecule has 17 heavy (non-hydrogen) atoms. The predicted octanol–water partition coefficient (Wildman–Crippen LogP) is 1.73. The summed E-state index contributed by atoms with van der Waals surface area (Å²) in [5, 5.41) is 15.5. The Hall–Kier alpha value is -2.37. The predicted molar refractivity (Wildman–Crippen MR) is 55.0 cm³/mol. The van der Waals surface area contributed by atoms with Crippen molar-refractivity contribution >= 4 is 5.97 Å². The molecule has 0 fully saturated rings. The summed E-state index contributed by atoms with van der Waals surface area (Å²) in [5.41, 5.74) is 1.36. The van der Waals surface area contributed by atoms with Gasteiger partial charge >= 0.3 is 5.97 Å². The number of nitrogens with one attached hydrogen (secondary N) is 1. The van der Waals surface area contributed by atoms with Crippen LogP contribution in [0.5, 0.6) is 5.75 Å². The number of nitrogens with zero attached hydrogens (tertiary/aromatic N) is 1. The number of carboxylic acids is 1. The molecular weight excluding hydrogens is 227 g/mol. The Bertz CT molecular complexity index is 609. The third kappa shape index (κ3) is 1.37. The zero-order valence-corrected chi connectivity index (χ0v) is 8.48. The number of carbonyl (C=O) groups is 1. The Labute approximate surface area is 94.8 Å². The van der Waals surface area contributed by atoms with E-state index in [0.29, 0.717) is 22.6 Å². The number of ether oxygens (including phenoxy) is 1. The Balaban J connectivity index is 2.23. The molecule has 1 aromatic heterocycles. The molecule has 3 rings (SSSR count). The molecule has 2 N–H and O–H groups in total. The van der Waals surface area contributed by atoms with Gasteiger partial charge in [-0.15, -0.1) is 0 Å². The van der Waals surface area contributed by atoms with E-state index in [1.165, 1.54) is 24.4 Å². The highest BCUT2D eigenvalue weighted by atomic mass is 19.1. The summed E-state index contributed by atoms with van der Waals surface area (Å²) in [4.78, 5) is 11.1. The largest absolute Gasteiger partial charge is 0.478 e. The third-order valence-electron chi connectivity index (χ3n) is 2.63. The highest BCUT2D eigenvalue weighted by molar-refractivity contribution is 5.82. The van der Waals surface area contributed by atoms with E-state index in [4.69, 9.17) is 9.84 Å². The summed E-state index contributed by atoms with van der Waals surface area (Å²) in [6, 6.07) is 3.91. The highest BCUT2D eigenvalue weighted by Crippen LogP contribution is 2.41. The number of H-pyrrole nitrogens is 1. The van der Waals surface area contributed by atoms with Gasteiger partial charge in [-0.1, -0.05) is 0 Å². The minimum atomic E-state index is -1.11. The number of rotatable bonds is 1. The van der Waals surface area contributed by atoms with Gasteiger partial charge < -0.3 is 9.84 Å². The molecule has 1 aliphatic heterocycles. The van der Waals surface area contributed by atoms with Gasteiger partial charge in [0.1, 0.15) is 11.6 Å². The fourth-order valence-corrected chi connectivity index (χ4v) is 1.88. The van der Waals surface area contributed by atoms with E-state index in [2.05, 4.69) is 10.2 Å². The number of carboxylic acid groups (broad SMARTS) is 1. The van der Waals surface area contributed by atoms with Crippen molar-refractivity contribution in [1.29, 1.82) is 0 Å². The zero-order valence-electron chi connectivity index (χ0n) is 8.48. The summed E-state index contributed by atoms with van der Waals surface area (Å²) in [7, 11) is 0. The maximum absolute atomic E-state index is 13.1. The van der Waals surface area contributed by atoms with Gasteiger partial charge in [-0.3, -0.25) is 5.10 Å². The third-order valence-corrected chi connectivity index (χ3v) is 2.63. The first-order chi connectivity index (χ1) is 8.16. The summed E-state index contributed by atoms with van der Waals surface area (Å²) >= 11 is 0. The summed E-state index contributed by atoms with van der Waals surface area (Å²) in [6.45, 7) is 0. The van der Waals surface area contributed by atoms with E-state index < -0.39 is 17.9 Å². The Morgan fingerprint density at radius 2 is 2.35 bits per heavy atom. The monoisotopic (exact) mass is 234 g/mol. The topological polar surface area (TPSA) is 75.2 Å². The molecule has 2 heterocycles. The SMILES string of the molecule is O=C(O)[C@@H]1Oc2ccc(F)cc2-c2[nH]ncc21. The number of aromatic nitrogens is 2. The molecule has 0 saturated heterocycles. The van der Waals surface area contributed by atoms with Gasteiger partial charge in [0.2, 0.25) is 6.10 Å². The lowest BCUT2D eigenvalue weighted by Crippen LogP contribution is -2.21. The molecule has 1 aromatic carbocycles. The van der Waals surface area contributed by atoms with Crippen LogP contribution in [0.1, 0.15) is 11.7 Å². The molecule has 0 amide bonds. The minimum Gasteiger partial charge on any atom is -0.478 e. The van der Waals surface area contributed by atoms with Gasteiger partial charge in [-0.05, 0) is 18.2 Å². The fourth-order valence-electron chi connectivity index (χ4n) is 1.88. The number of aliphatic carboxylic acids is 1. The lowest BCUT2D eigenvalue weighted by Gasteiger charge is -2.22. The Morgan fingerprint density at radius 3 is 3.12 bits per heavy atom. The average Bonchev–Trinajstić information content (AvgIpc) is 2.76. The van der Waals surface area contributed by atoms with Crippen molar-refractivity contribution in [3.63, 3.8) is 0 Å². The van der Waals surface area contributed by atoms with Gasteiger partial charge in [-0.25, -0.2) is 9.18 Å². The Morgan fingerprint density at radius 1 is 1.53 bits per heavy atom. The number of benzene rings is 1. The van der Waals surface area contributed by atoms with Crippen molar-refractivity contribution in [1.82, 2.24) is 10.2 Å². The molecule has 86 valence electrons. The normalized spacial score (nSPS) is 16.9. The van der Waals surface area contributed by atoms with Crippen molar-refractivity contribution in [3.05, 3.63) is 35.8 Å². The second-order valence-corrected chi connectivity index (χ2v) is 3.68. The van der Waals surface area contributed by atoms with Crippen LogP contribution in [0.25, 0.3) is 11.3 Å². The number of hydrogen-bond acceptors (Lipinski definition) is 3. The molecule has 1 aliphatic rings. The van der Waals surface area contributed by atoms with Crippen LogP contribution in [-0.4, -0.2) is 21.3 Å². The van der Waals surface area contributed by atoms with Crippen molar-refractivity contribution in [2.45, 2.75) is 6.10 Å². The van der Waals surface area contributed by atoms with Crippen LogP contribution in [0.15, 0.2) is 24.4 Å². The first-order valence-corrected chi connectivity index (χ1v) is 4.89. The maximum Gasteiger partial charge on any atom is 0.349 e. The standard InChI is InChI=1S/C11H7FN2O3/c12-5-1-2-8-6(3-5)9-7(4-13-14-9)10(17-8)11(15)16/h1-4,10H,(H,13,14)(H,15,16)/t10-/m1/s1. The Kier molecular flexibility index (Phi) is 1.91. The molecule has 2 aromatic rings. The second kappa shape index (κ2) is 3.31. The first-order valence-electron chi connectivity index (χ1n) is 4.89. The fraction of sp³-hybridized carbons (Fsp3) is 0.0909. The number of halogens is 1. The molecule has 0 unspecified atom stereocenters. The van der Waals surface area contributed by atoms with E-state index in [1.54, 1.807) is 0 Å². The van der Waals surface area contributed by atoms with Crippen LogP contribution in [0.2, 0.25) is 0 Å². The van der Waals surface area contributed by atoms with Crippen molar-refractivity contribution in [2.24, 2.45) is 0 Å². The lowest BCUT2D eigenvalue weighted by atomic mass is 10.00. The van der Waals surface area contributed by atoms with Gasteiger partial charge in [0.15, 0.2) is 0 Å². The second-order valence-electron chi connectivity index (χ2n) is 3.68. The lowest BCUT2D eigenvalue weighted by molar-refractivity contribution is -0.145. The maximum atomic E-state index is 13.1. The van der Waals surface area contributed by atoms with Crippen LogP contribution >= 0.6 is 0 Å². The van der Waals surface area contributed by atoms with Crippen LogP contribution in [-0.2, 0) is 4.79 Å².